The summed E-state index contributed by atoms with van der Waals surface area (Å²) in [5.41, 5.74) is 0. The van der Waals surface area contributed by atoms with E-state index in [1.54, 1.807) is 6.08 Å². The molecule has 3 nitrogen and oxygen atoms in total. The SMILES string of the molecule is O=C(NC1CC=COC1)C(F)(F)F. The lowest BCUT2D eigenvalue weighted by Crippen LogP contribution is -2.45. The van der Waals surface area contributed by atoms with Crippen molar-refractivity contribution in [2.24, 2.45) is 0 Å². The van der Waals surface area contributed by atoms with E-state index in [2.05, 4.69) is 0 Å². The molecule has 1 rings (SSSR count). The van der Waals surface area contributed by atoms with Crippen LogP contribution in [0.3, 0.4) is 0 Å². The zero-order chi connectivity index (χ0) is 9.90. The zero-order valence-corrected chi connectivity index (χ0v) is 6.60. The largest absolute Gasteiger partial charge is 0.499 e. The fourth-order valence-electron chi connectivity index (χ4n) is 0.895. The Labute approximate surface area is 72.6 Å². The Bertz CT molecular complexity index is 224. The first kappa shape index (κ1) is 9.88. The van der Waals surface area contributed by atoms with Crippen molar-refractivity contribution in [3.8, 4) is 0 Å². The van der Waals surface area contributed by atoms with Crippen LogP contribution in [0.1, 0.15) is 6.42 Å². The minimum Gasteiger partial charge on any atom is -0.499 e. The van der Waals surface area contributed by atoms with Crippen LogP contribution in [0, 0.1) is 0 Å². The highest BCUT2D eigenvalue weighted by atomic mass is 19.4. The molecule has 13 heavy (non-hydrogen) atoms. The van der Waals surface area contributed by atoms with E-state index in [0.717, 1.165) is 0 Å². The average molecular weight is 195 g/mol. The topological polar surface area (TPSA) is 38.3 Å². The van der Waals surface area contributed by atoms with Crippen molar-refractivity contribution in [3.05, 3.63) is 12.3 Å². The molecule has 0 fully saturated rings. The van der Waals surface area contributed by atoms with Gasteiger partial charge in [-0.1, -0.05) is 0 Å². The fraction of sp³-hybridized carbons (Fsp3) is 0.571. The van der Waals surface area contributed by atoms with Crippen LogP contribution in [-0.2, 0) is 9.53 Å². The highest BCUT2D eigenvalue weighted by molar-refractivity contribution is 5.81. The molecule has 1 N–H and O–H groups in total. The molecule has 1 atom stereocenters. The van der Waals surface area contributed by atoms with Crippen LogP contribution in [0.5, 0.6) is 0 Å². The molecule has 0 aromatic rings. The molecule has 1 unspecified atom stereocenters. The van der Waals surface area contributed by atoms with E-state index in [4.69, 9.17) is 4.74 Å². The van der Waals surface area contributed by atoms with Gasteiger partial charge in [0.2, 0.25) is 0 Å². The summed E-state index contributed by atoms with van der Waals surface area (Å²) in [5.74, 6) is -1.92. The van der Waals surface area contributed by atoms with Crippen molar-refractivity contribution < 1.29 is 22.7 Å². The number of hydrogen-bond acceptors (Lipinski definition) is 2. The van der Waals surface area contributed by atoms with Crippen molar-refractivity contribution in [3.63, 3.8) is 0 Å². The molecule has 0 radical (unpaired) electrons. The van der Waals surface area contributed by atoms with Gasteiger partial charge >= 0.3 is 12.1 Å². The number of nitrogens with one attached hydrogen (secondary N) is 1. The van der Waals surface area contributed by atoms with Crippen LogP contribution in [0.15, 0.2) is 12.3 Å². The Morgan fingerprint density at radius 3 is 2.69 bits per heavy atom. The second-order valence-electron chi connectivity index (χ2n) is 2.61. The van der Waals surface area contributed by atoms with Gasteiger partial charge in [0.05, 0.1) is 12.3 Å². The molecule has 1 amide bonds. The van der Waals surface area contributed by atoms with Gasteiger partial charge in [-0.3, -0.25) is 4.79 Å². The maximum Gasteiger partial charge on any atom is 0.471 e. The van der Waals surface area contributed by atoms with E-state index in [9.17, 15) is 18.0 Å². The van der Waals surface area contributed by atoms with Gasteiger partial charge in [0.25, 0.3) is 0 Å². The Morgan fingerprint density at radius 2 is 2.23 bits per heavy atom. The lowest BCUT2D eigenvalue weighted by molar-refractivity contribution is -0.174. The Balaban J connectivity index is 2.40. The van der Waals surface area contributed by atoms with Crippen molar-refractivity contribution >= 4 is 5.91 Å². The van der Waals surface area contributed by atoms with Crippen molar-refractivity contribution in [1.29, 1.82) is 0 Å². The molecule has 74 valence electrons. The maximum absolute atomic E-state index is 11.7. The van der Waals surface area contributed by atoms with Gasteiger partial charge in [0, 0.05) is 0 Å². The van der Waals surface area contributed by atoms with Crippen LogP contribution in [-0.4, -0.2) is 24.7 Å². The van der Waals surface area contributed by atoms with Crippen molar-refractivity contribution in [2.45, 2.75) is 18.6 Å². The van der Waals surface area contributed by atoms with E-state index in [-0.39, 0.29) is 6.61 Å². The minimum absolute atomic E-state index is 0.0817. The van der Waals surface area contributed by atoms with Crippen LogP contribution >= 0.6 is 0 Å². The standard InChI is InChI=1S/C7H8F3NO2/c8-7(9,10)6(12)11-5-2-1-3-13-4-5/h1,3,5H,2,4H2,(H,11,12). The number of halogens is 3. The lowest BCUT2D eigenvalue weighted by Gasteiger charge is -2.20. The first-order valence-corrected chi connectivity index (χ1v) is 3.64. The van der Waals surface area contributed by atoms with E-state index in [1.807, 2.05) is 5.32 Å². The molecule has 0 aromatic carbocycles. The molecule has 6 heteroatoms. The van der Waals surface area contributed by atoms with Gasteiger partial charge in [0.1, 0.15) is 6.61 Å². The summed E-state index contributed by atoms with van der Waals surface area (Å²) in [7, 11) is 0. The number of amides is 1. The van der Waals surface area contributed by atoms with Crippen molar-refractivity contribution in [1.82, 2.24) is 5.32 Å². The fourth-order valence-corrected chi connectivity index (χ4v) is 0.895. The van der Waals surface area contributed by atoms with Crippen LogP contribution < -0.4 is 5.32 Å². The van der Waals surface area contributed by atoms with Crippen LogP contribution in [0.25, 0.3) is 0 Å². The summed E-state index contributed by atoms with van der Waals surface area (Å²) in [4.78, 5) is 10.4. The summed E-state index contributed by atoms with van der Waals surface area (Å²) in [6.45, 7) is 0.0817. The quantitative estimate of drug-likeness (QED) is 0.677. The zero-order valence-electron chi connectivity index (χ0n) is 6.60. The monoisotopic (exact) mass is 195 g/mol. The third kappa shape index (κ3) is 2.96. The van der Waals surface area contributed by atoms with Crippen molar-refractivity contribution in [2.75, 3.05) is 6.61 Å². The first-order valence-electron chi connectivity index (χ1n) is 3.64. The van der Waals surface area contributed by atoms with E-state index >= 15 is 0 Å². The number of carbonyl (C=O) groups excluding carboxylic acids is 1. The molecule has 0 saturated heterocycles. The van der Waals surface area contributed by atoms with Gasteiger partial charge in [-0.25, -0.2) is 0 Å². The van der Waals surface area contributed by atoms with Crippen LogP contribution in [0.2, 0.25) is 0 Å². The van der Waals surface area contributed by atoms with E-state index < -0.39 is 18.1 Å². The number of alkyl halides is 3. The average Bonchev–Trinajstić information content (AvgIpc) is 2.04. The Kier molecular flexibility index (Phi) is 2.79. The highest BCUT2D eigenvalue weighted by Gasteiger charge is 2.39. The summed E-state index contributed by atoms with van der Waals surface area (Å²) < 4.78 is 39.9. The molecule has 0 saturated carbocycles. The smallest absolute Gasteiger partial charge is 0.471 e. The summed E-state index contributed by atoms with van der Waals surface area (Å²) >= 11 is 0. The van der Waals surface area contributed by atoms with Gasteiger partial charge in [0.15, 0.2) is 0 Å². The second kappa shape index (κ2) is 3.68. The molecule has 1 heterocycles. The minimum atomic E-state index is -4.82. The molecule has 1 aliphatic rings. The summed E-state index contributed by atoms with van der Waals surface area (Å²) in [5, 5.41) is 1.82. The number of ether oxygens (including phenoxy) is 1. The van der Waals surface area contributed by atoms with Crippen LogP contribution in [0.4, 0.5) is 13.2 Å². The molecule has 0 spiro atoms. The number of carbonyl (C=O) groups is 1. The third-order valence-corrected chi connectivity index (χ3v) is 1.50. The van der Waals surface area contributed by atoms with E-state index in [1.165, 1.54) is 6.26 Å². The van der Waals surface area contributed by atoms with Gasteiger partial charge in [-0.2, -0.15) is 13.2 Å². The highest BCUT2D eigenvalue weighted by Crippen LogP contribution is 2.15. The van der Waals surface area contributed by atoms with Gasteiger partial charge in [-0.15, -0.1) is 0 Å². The van der Waals surface area contributed by atoms with Gasteiger partial charge < -0.3 is 10.1 Å². The second-order valence-corrected chi connectivity index (χ2v) is 2.61. The molecule has 0 bridgehead atoms. The third-order valence-electron chi connectivity index (χ3n) is 1.50. The first-order chi connectivity index (χ1) is 6.00. The lowest BCUT2D eigenvalue weighted by atomic mass is 10.2. The molecule has 0 aromatic heterocycles. The number of hydrogen-bond donors (Lipinski definition) is 1. The summed E-state index contributed by atoms with van der Waals surface area (Å²) in [6.07, 6.45) is -1.50. The molecule has 0 aliphatic carbocycles. The maximum atomic E-state index is 11.7. The Morgan fingerprint density at radius 1 is 1.54 bits per heavy atom. The Hall–Kier alpha value is -1.20. The molecule has 1 aliphatic heterocycles. The molecular formula is C7H8F3NO2. The van der Waals surface area contributed by atoms with Gasteiger partial charge in [-0.05, 0) is 12.5 Å². The van der Waals surface area contributed by atoms with E-state index in [0.29, 0.717) is 6.42 Å². The predicted octanol–water partition coefficient (Wildman–Crippen LogP) is 0.967. The predicted molar refractivity (Wildman–Crippen MR) is 37.7 cm³/mol. The molecular weight excluding hydrogens is 187 g/mol. The normalized spacial score (nSPS) is 22.2. The number of rotatable bonds is 1. The summed E-state index contributed by atoms with van der Waals surface area (Å²) in [6, 6.07) is -0.584.